The van der Waals surface area contributed by atoms with Gasteiger partial charge in [-0.2, -0.15) is 5.10 Å². The number of aromatic nitrogens is 2. The number of benzene rings is 1. The van der Waals surface area contributed by atoms with E-state index >= 15 is 0 Å². The summed E-state index contributed by atoms with van der Waals surface area (Å²) < 4.78 is 1.84. The van der Waals surface area contributed by atoms with Gasteiger partial charge in [-0.05, 0) is 71.6 Å². The van der Waals surface area contributed by atoms with Gasteiger partial charge in [0.2, 0.25) is 11.8 Å². The highest BCUT2D eigenvalue weighted by Gasteiger charge is 2.28. The number of hydrogen-bond donors (Lipinski definition) is 2. The van der Waals surface area contributed by atoms with E-state index in [4.69, 9.17) is 11.6 Å². The highest BCUT2D eigenvalue weighted by Crippen LogP contribution is 2.26. The average Bonchev–Trinajstić information content (AvgIpc) is 2.98. The van der Waals surface area contributed by atoms with Gasteiger partial charge >= 0.3 is 0 Å². The summed E-state index contributed by atoms with van der Waals surface area (Å²) in [5, 5.41) is 11.5. The van der Waals surface area contributed by atoms with E-state index in [9.17, 15) is 9.59 Å². The number of carbonyl (C=O) groups excluding carboxylic acids is 2. The van der Waals surface area contributed by atoms with E-state index in [1.54, 1.807) is 0 Å². The van der Waals surface area contributed by atoms with Crippen LogP contribution < -0.4 is 10.6 Å². The quantitative estimate of drug-likeness (QED) is 0.701. The Labute approximate surface area is 189 Å². The minimum atomic E-state index is -0.0287. The molecule has 1 fully saturated rings. The van der Waals surface area contributed by atoms with Crippen LogP contribution in [-0.4, -0.2) is 33.7 Å². The summed E-state index contributed by atoms with van der Waals surface area (Å²) in [4.78, 5) is 25.2. The molecule has 1 saturated carbocycles. The van der Waals surface area contributed by atoms with Crippen LogP contribution in [0, 0.1) is 26.7 Å². The number of halogens is 1. The van der Waals surface area contributed by atoms with Crippen molar-refractivity contribution >= 4 is 23.4 Å². The third-order valence-electron chi connectivity index (χ3n) is 6.02. The SMILES string of the molecule is Cc1ccc(-n2nc(C)c(CC(=O)NC3CCCC(C(=O)NC(C)C)C3)c2C)cc1Cl. The molecule has 2 aromatic rings. The molecule has 2 atom stereocenters. The lowest BCUT2D eigenvalue weighted by molar-refractivity contribution is -0.128. The van der Waals surface area contributed by atoms with E-state index in [1.165, 1.54) is 0 Å². The van der Waals surface area contributed by atoms with Crippen molar-refractivity contribution in [1.29, 1.82) is 0 Å². The van der Waals surface area contributed by atoms with E-state index in [-0.39, 0.29) is 36.2 Å². The molecule has 1 aliphatic rings. The first kappa shape index (κ1) is 23.3. The molecular formula is C24H33ClN4O2. The smallest absolute Gasteiger partial charge is 0.224 e. The lowest BCUT2D eigenvalue weighted by Gasteiger charge is -2.29. The molecule has 1 aliphatic carbocycles. The van der Waals surface area contributed by atoms with Crippen LogP contribution in [0.5, 0.6) is 0 Å². The van der Waals surface area contributed by atoms with Gasteiger partial charge in [0.15, 0.2) is 0 Å². The number of rotatable bonds is 6. The van der Waals surface area contributed by atoms with Crippen LogP contribution >= 0.6 is 11.6 Å². The van der Waals surface area contributed by atoms with Crippen molar-refractivity contribution in [2.45, 2.75) is 78.8 Å². The summed E-state index contributed by atoms with van der Waals surface area (Å²) in [7, 11) is 0. The summed E-state index contributed by atoms with van der Waals surface area (Å²) in [5.74, 6) is 0.0419. The van der Waals surface area contributed by atoms with Crippen molar-refractivity contribution in [3.05, 3.63) is 45.7 Å². The number of nitrogens with one attached hydrogen (secondary N) is 2. The monoisotopic (exact) mass is 444 g/mol. The van der Waals surface area contributed by atoms with Gasteiger partial charge in [-0.3, -0.25) is 9.59 Å². The number of hydrogen-bond acceptors (Lipinski definition) is 3. The van der Waals surface area contributed by atoms with Crippen molar-refractivity contribution in [1.82, 2.24) is 20.4 Å². The zero-order chi connectivity index (χ0) is 22.7. The zero-order valence-electron chi connectivity index (χ0n) is 19.1. The lowest BCUT2D eigenvalue weighted by Crippen LogP contribution is -2.44. The Morgan fingerprint density at radius 2 is 1.97 bits per heavy atom. The molecule has 0 saturated heterocycles. The van der Waals surface area contributed by atoms with Crippen LogP contribution in [0.2, 0.25) is 5.02 Å². The maximum atomic E-state index is 12.8. The molecule has 0 aliphatic heterocycles. The molecular weight excluding hydrogens is 412 g/mol. The van der Waals surface area contributed by atoms with Crippen LogP contribution in [0.15, 0.2) is 18.2 Å². The Kier molecular flexibility index (Phi) is 7.42. The molecule has 31 heavy (non-hydrogen) atoms. The van der Waals surface area contributed by atoms with Crippen LogP contribution in [0.1, 0.15) is 62.0 Å². The number of amides is 2. The second-order valence-electron chi connectivity index (χ2n) is 8.96. The number of aryl methyl sites for hydroxylation is 2. The first-order valence-electron chi connectivity index (χ1n) is 11.1. The minimum absolute atomic E-state index is 0.0254. The fraction of sp³-hybridized carbons (Fsp3) is 0.542. The van der Waals surface area contributed by atoms with Crippen LogP contribution in [0.3, 0.4) is 0 Å². The summed E-state index contributed by atoms with van der Waals surface area (Å²) >= 11 is 6.28. The van der Waals surface area contributed by atoms with Crippen molar-refractivity contribution in [3.63, 3.8) is 0 Å². The van der Waals surface area contributed by atoms with Crippen LogP contribution in [0.25, 0.3) is 5.69 Å². The standard InChI is InChI=1S/C24H33ClN4O2/c1-14(2)26-24(31)18-7-6-8-19(11-18)27-23(30)13-21-16(4)28-29(17(21)5)20-10-9-15(3)22(25)12-20/h9-10,12,14,18-19H,6-8,11,13H2,1-5H3,(H,26,31)(H,27,30). The third-order valence-corrected chi connectivity index (χ3v) is 6.43. The topological polar surface area (TPSA) is 76.0 Å². The van der Waals surface area contributed by atoms with Crippen molar-refractivity contribution in [3.8, 4) is 5.69 Å². The van der Waals surface area contributed by atoms with E-state index in [0.717, 1.165) is 47.5 Å². The second kappa shape index (κ2) is 9.86. The third kappa shape index (κ3) is 5.67. The molecule has 0 radical (unpaired) electrons. The van der Waals surface area contributed by atoms with Gasteiger partial charge in [0, 0.05) is 34.3 Å². The summed E-state index contributed by atoms with van der Waals surface area (Å²) in [5.41, 5.74) is 4.60. The van der Waals surface area contributed by atoms with Gasteiger partial charge in [-0.25, -0.2) is 4.68 Å². The van der Waals surface area contributed by atoms with Gasteiger partial charge in [0.25, 0.3) is 0 Å². The van der Waals surface area contributed by atoms with Crippen LogP contribution in [0.4, 0.5) is 0 Å². The summed E-state index contributed by atoms with van der Waals surface area (Å²) in [6.45, 7) is 9.80. The fourth-order valence-corrected chi connectivity index (χ4v) is 4.47. The molecule has 2 amide bonds. The molecule has 6 nitrogen and oxygen atoms in total. The number of nitrogens with zero attached hydrogens (tertiary/aromatic N) is 2. The Balaban J connectivity index is 1.66. The molecule has 7 heteroatoms. The highest BCUT2D eigenvalue weighted by atomic mass is 35.5. The Hall–Kier alpha value is -2.34. The molecule has 168 valence electrons. The lowest BCUT2D eigenvalue weighted by atomic mass is 9.85. The minimum Gasteiger partial charge on any atom is -0.354 e. The normalized spacial score (nSPS) is 18.8. The van der Waals surface area contributed by atoms with Crippen molar-refractivity contribution in [2.75, 3.05) is 0 Å². The Bertz CT molecular complexity index is 967. The predicted molar refractivity (Wildman–Crippen MR) is 124 cm³/mol. The zero-order valence-corrected chi connectivity index (χ0v) is 19.8. The number of carbonyl (C=O) groups is 2. The molecule has 1 aromatic heterocycles. The van der Waals surface area contributed by atoms with Gasteiger partial charge in [0.1, 0.15) is 0 Å². The van der Waals surface area contributed by atoms with E-state index < -0.39 is 0 Å². The molecule has 0 bridgehead atoms. The summed E-state index contributed by atoms with van der Waals surface area (Å²) in [6, 6.07) is 6.01. The van der Waals surface area contributed by atoms with Gasteiger partial charge in [-0.15, -0.1) is 0 Å². The summed E-state index contributed by atoms with van der Waals surface area (Å²) in [6.07, 6.45) is 3.72. The molecule has 0 spiro atoms. The maximum Gasteiger partial charge on any atom is 0.224 e. The fourth-order valence-electron chi connectivity index (χ4n) is 4.30. The molecule has 2 N–H and O–H groups in total. The van der Waals surface area contributed by atoms with Crippen LogP contribution in [-0.2, 0) is 16.0 Å². The largest absolute Gasteiger partial charge is 0.354 e. The predicted octanol–water partition coefficient (Wildman–Crippen LogP) is 4.19. The van der Waals surface area contributed by atoms with Crippen molar-refractivity contribution in [2.24, 2.45) is 5.92 Å². The maximum absolute atomic E-state index is 12.8. The van der Waals surface area contributed by atoms with Gasteiger partial charge in [-0.1, -0.05) is 24.1 Å². The molecule has 1 aromatic carbocycles. The second-order valence-corrected chi connectivity index (χ2v) is 9.37. The van der Waals surface area contributed by atoms with Gasteiger partial charge < -0.3 is 10.6 Å². The van der Waals surface area contributed by atoms with Crippen molar-refractivity contribution < 1.29 is 9.59 Å². The Morgan fingerprint density at radius 3 is 2.65 bits per heavy atom. The highest BCUT2D eigenvalue weighted by molar-refractivity contribution is 6.31. The van der Waals surface area contributed by atoms with Gasteiger partial charge in [0.05, 0.1) is 17.8 Å². The first-order chi connectivity index (χ1) is 14.7. The molecule has 2 unspecified atom stereocenters. The molecule has 1 heterocycles. The average molecular weight is 445 g/mol. The van der Waals surface area contributed by atoms with E-state index in [0.29, 0.717) is 11.4 Å². The van der Waals surface area contributed by atoms with E-state index in [2.05, 4.69) is 15.7 Å². The Morgan fingerprint density at radius 1 is 1.23 bits per heavy atom. The first-order valence-corrected chi connectivity index (χ1v) is 11.4. The molecule has 3 rings (SSSR count). The van der Waals surface area contributed by atoms with E-state index in [1.807, 2.05) is 57.5 Å².